The van der Waals surface area contributed by atoms with Crippen molar-refractivity contribution in [2.45, 2.75) is 37.5 Å². The monoisotopic (exact) mass is 363 g/mol. The highest BCUT2D eigenvalue weighted by Crippen LogP contribution is 2.17. The molecule has 0 fully saturated rings. The van der Waals surface area contributed by atoms with Crippen molar-refractivity contribution in [2.24, 2.45) is 7.05 Å². The van der Waals surface area contributed by atoms with Gasteiger partial charge in [0.1, 0.15) is 4.90 Å². The Kier molecular flexibility index (Phi) is 4.89. The molecule has 1 aliphatic heterocycles. The lowest BCUT2D eigenvalue weighted by Gasteiger charge is -2.14. The van der Waals surface area contributed by atoms with Crippen LogP contribution in [-0.2, 0) is 41.5 Å². The highest BCUT2D eigenvalue weighted by molar-refractivity contribution is 7.89. The molecule has 1 amide bonds. The van der Waals surface area contributed by atoms with Crippen LogP contribution in [0.5, 0.6) is 0 Å². The van der Waals surface area contributed by atoms with Gasteiger partial charge in [-0.25, -0.2) is 8.42 Å². The summed E-state index contributed by atoms with van der Waals surface area (Å²) < 4.78 is 28.2. The third-order valence-electron chi connectivity index (χ3n) is 4.09. The number of hydrogen-bond donors (Lipinski definition) is 3. The Balaban J connectivity index is 1.57. The molecule has 3 rings (SSSR count). The van der Waals surface area contributed by atoms with Gasteiger partial charge >= 0.3 is 0 Å². The smallest absolute Gasteiger partial charge is 0.244 e. The van der Waals surface area contributed by atoms with Crippen LogP contribution < -0.4 is 15.4 Å². The van der Waals surface area contributed by atoms with Crippen LogP contribution in [0.3, 0.4) is 0 Å². The third-order valence-corrected chi connectivity index (χ3v) is 5.58. The number of sulfonamides is 1. The van der Waals surface area contributed by atoms with E-state index in [9.17, 15) is 13.2 Å². The lowest BCUT2D eigenvalue weighted by atomic mass is 10.1. The number of aromatic nitrogens is 2. The number of rotatable bonds is 6. The second-order valence-corrected chi connectivity index (χ2v) is 7.83. The largest absolute Gasteiger partial charge is 0.351 e. The first kappa shape index (κ1) is 17.6. The maximum atomic E-state index is 12.2. The van der Waals surface area contributed by atoms with E-state index >= 15 is 0 Å². The molecule has 3 N–H and O–H groups in total. The van der Waals surface area contributed by atoms with Gasteiger partial charge in [0.25, 0.3) is 0 Å². The maximum absolute atomic E-state index is 12.2. The quantitative estimate of drug-likeness (QED) is 0.670. The van der Waals surface area contributed by atoms with Crippen LogP contribution >= 0.6 is 0 Å². The number of benzene rings is 1. The summed E-state index contributed by atoms with van der Waals surface area (Å²) in [7, 11) is -2.15. The van der Waals surface area contributed by atoms with Crippen LogP contribution in [0, 0.1) is 0 Å². The van der Waals surface area contributed by atoms with E-state index in [2.05, 4.69) is 26.5 Å². The van der Waals surface area contributed by atoms with Crippen molar-refractivity contribution in [3.8, 4) is 0 Å². The SMILES string of the molecule is CC(NS(=O)(=O)c1cnn(C)c1)C(=O)NCc1ccc2c(c1)CNC2. The predicted molar refractivity (Wildman–Crippen MR) is 91.8 cm³/mol. The minimum atomic E-state index is -3.78. The molecule has 1 aromatic heterocycles. The fourth-order valence-corrected chi connectivity index (χ4v) is 3.88. The zero-order valence-corrected chi connectivity index (χ0v) is 14.9. The first-order valence-electron chi connectivity index (χ1n) is 7.95. The van der Waals surface area contributed by atoms with Gasteiger partial charge in [0, 0.05) is 32.9 Å². The third kappa shape index (κ3) is 4.06. The summed E-state index contributed by atoms with van der Waals surface area (Å²) in [5.41, 5.74) is 3.49. The summed E-state index contributed by atoms with van der Waals surface area (Å²) in [6.45, 7) is 3.56. The molecule has 2 aromatic rings. The Morgan fingerprint density at radius 1 is 1.36 bits per heavy atom. The molecular weight excluding hydrogens is 342 g/mol. The van der Waals surface area contributed by atoms with Crippen LogP contribution in [0.4, 0.5) is 0 Å². The van der Waals surface area contributed by atoms with Crippen LogP contribution in [0.1, 0.15) is 23.6 Å². The van der Waals surface area contributed by atoms with Crippen LogP contribution in [0.2, 0.25) is 0 Å². The first-order chi connectivity index (χ1) is 11.8. The molecule has 25 heavy (non-hydrogen) atoms. The van der Waals surface area contributed by atoms with Gasteiger partial charge in [0.2, 0.25) is 15.9 Å². The van der Waals surface area contributed by atoms with Gasteiger partial charge in [0.15, 0.2) is 0 Å². The summed E-state index contributed by atoms with van der Waals surface area (Å²) in [5, 5.41) is 9.86. The highest BCUT2D eigenvalue weighted by Gasteiger charge is 2.23. The van der Waals surface area contributed by atoms with Gasteiger partial charge in [-0.2, -0.15) is 9.82 Å². The van der Waals surface area contributed by atoms with Gasteiger partial charge in [-0.3, -0.25) is 9.48 Å². The summed E-state index contributed by atoms with van der Waals surface area (Å²) in [6, 6.07) is 5.18. The molecule has 0 saturated carbocycles. The number of aryl methyl sites for hydroxylation is 1. The molecule has 0 radical (unpaired) electrons. The topological polar surface area (TPSA) is 105 Å². The number of carbonyl (C=O) groups is 1. The van der Waals surface area contributed by atoms with Gasteiger partial charge in [-0.15, -0.1) is 0 Å². The number of amides is 1. The van der Waals surface area contributed by atoms with E-state index in [0.717, 1.165) is 18.7 Å². The van der Waals surface area contributed by atoms with Crippen molar-refractivity contribution >= 4 is 15.9 Å². The van der Waals surface area contributed by atoms with E-state index < -0.39 is 16.1 Å². The standard InChI is InChI=1S/C16H21N5O3S/c1-11(20-25(23,24)15-9-19-21(2)10-15)16(22)18-6-12-3-4-13-7-17-8-14(13)5-12/h3-5,9-11,17,20H,6-8H2,1-2H3,(H,18,22). The fourth-order valence-electron chi connectivity index (χ4n) is 2.69. The Morgan fingerprint density at radius 3 is 2.84 bits per heavy atom. The first-order valence-corrected chi connectivity index (χ1v) is 9.43. The normalized spacial score (nSPS) is 15.0. The predicted octanol–water partition coefficient (Wildman–Crippen LogP) is 0.00650. The Morgan fingerprint density at radius 2 is 2.12 bits per heavy atom. The Bertz CT molecular complexity index is 891. The van der Waals surface area contributed by atoms with Crippen molar-refractivity contribution in [1.82, 2.24) is 25.1 Å². The van der Waals surface area contributed by atoms with E-state index in [1.54, 1.807) is 7.05 Å². The summed E-state index contributed by atoms with van der Waals surface area (Å²) in [6.07, 6.45) is 2.62. The molecule has 8 nitrogen and oxygen atoms in total. The minimum Gasteiger partial charge on any atom is -0.351 e. The summed E-state index contributed by atoms with van der Waals surface area (Å²) in [5.74, 6) is -0.383. The second kappa shape index (κ2) is 6.95. The van der Waals surface area contributed by atoms with Gasteiger partial charge < -0.3 is 10.6 Å². The van der Waals surface area contributed by atoms with Crippen molar-refractivity contribution < 1.29 is 13.2 Å². The zero-order valence-electron chi connectivity index (χ0n) is 14.1. The second-order valence-electron chi connectivity index (χ2n) is 6.12. The molecule has 1 aliphatic rings. The van der Waals surface area contributed by atoms with Gasteiger partial charge in [-0.1, -0.05) is 18.2 Å². The molecule has 134 valence electrons. The molecule has 9 heteroatoms. The number of fused-ring (bicyclic) bond motifs is 1. The van der Waals surface area contributed by atoms with E-state index in [1.165, 1.54) is 35.1 Å². The number of nitrogens with zero attached hydrogens (tertiary/aromatic N) is 2. The van der Waals surface area contributed by atoms with Crippen molar-refractivity contribution in [3.63, 3.8) is 0 Å². The van der Waals surface area contributed by atoms with Crippen molar-refractivity contribution in [1.29, 1.82) is 0 Å². The van der Waals surface area contributed by atoms with E-state index in [1.807, 2.05) is 12.1 Å². The van der Waals surface area contributed by atoms with E-state index in [-0.39, 0.29) is 10.8 Å². The van der Waals surface area contributed by atoms with Crippen LogP contribution in [0.15, 0.2) is 35.5 Å². The Labute approximate surface area is 146 Å². The maximum Gasteiger partial charge on any atom is 0.244 e. The zero-order chi connectivity index (χ0) is 18.0. The van der Waals surface area contributed by atoms with Crippen LogP contribution in [-0.4, -0.2) is 30.1 Å². The molecule has 1 unspecified atom stereocenters. The molecule has 1 aromatic carbocycles. The molecule has 2 heterocycles. The number of carbonyl (C=O) groups excluding carboxylic acids is 1. The van der Waals surface area contributed by atoms with Crippen molar-refractivity contribution in [3.05, 3.63) is 47.3 Å². The lowest BCUT2D eigenvalue weighted by Crippen LogP contribution is -2.44. The highest BCUT2D eigenvalue weighted by atomic mass is 32.2. The van der Waals surface area contributed by atoms with Crippen molar-refractivity contribution in [2.75, 3.05) is 0 Å². The fraction of sp³-hybridized carbons (Fsp3) is 0.375. The summed E-state index contributed by atoms with van der Waals surface area (Å²) >= 11 is 0. The van der Waals surface area contributed by atoms with E-state index in [0.29, 0.717) is 6.54 Å². The molecule has 0 saturated heterocycles. The lowest BCUT2D eigenvalue weighted by molar-refractivity contribution is -0.122. The average Bonchev–Trinajstić information content (AvgIpc) is 3.20. The summed E-state index contributed by atoms with van der Waals surface area (Å²) in [4.78, 5) is 12.2. The molecular formula is C16H21N5O3S. The van der Waals surface area contributed by atoms with Gasteiger partial charge in [0.05, 0.1) is 12.2 Å². The molecule has 0 bridgehead atoms. The number of hydrogen-bond acceptors (Lipinski definition) is 5. The Hall–Kier alpha value is -2.23. The molecule has 1 atom stereocenters. The van der Waals surface area contributed by atoms with Crippen LogP contribution in [0.25, 0.3) is 0 Å². The minimum absolute atomic E-state index is 0.0285. The average molecular weight is 363 g/mol. The number of nitrogens with one attached hydrogen (secondary N) is 3. The molecule has 0 aliphatic carbocycles. The van der Waals surface area contributed by atoms with Gasteiger partial charge in [-0.05, 0) is 23.6 Å². The molecule has 0 spiro atoms. The van der Waals surface area contributed by atoms with E-state index in [4.69, 9.17) is 0 Å².